The Bertz CT molecular complexity index is 1480. The molecule has 2 aliphatic heterocycles. The lowest BCUT2D eigenvalue weighted by Crippen LogP contribution is -2.67. The van der Waals surface area contributed by atoms with E-state index in [4.69, 9.17) is 10.5 Å². The SMILES string of the molecule is CN1C(=O)c2ccccc2N2C(=O)CCC12C(=O)OCc1nc2ccccc2c(=O)n1CC(N)=O. The van der Waals surface area contributed by atoms with Crippen molar-refractivity contribution in [1.29, 1.82) is 0 Å². The number of benzene rings is 2. The number of nitrogens with zero attached hydrogens (tertiary/aromatic N) is 4. The van der Waals surface area contributed by atoms with Crippen LogP contribution in [0.5, 0.6) is 0 Å². The largest absolute Gasteiger partial charge is 0.454 e. The molecule has 5 rings (SSSR count). The fourth-order valence-electron chi connectivity index (χ4n) is 4.78. The van der Waals surface area contributed by atoms with Crippen molar-refractivity contribution in [3.8, 4) is 0 Å². The zero-order valence-electron chi connectivity index (χ0n) is 18.8. The van der Waals surface area contributed by atoms with Gasteiger partial charge in [0.05, 0.1) is 22.2 Å². The Kier molecular flexibility index (Phi) is 5.12. The molecule has 3 aromatic rings. The third-order valence-electron chi connectivity index (χ3n) is 6.46. The van der Waals surface area contributed by atoms with Crippen LogP contribution in [0.4, 0.5) is 5.69 Å². The molecule has 0 aliphatic carbocycles. The van der Waals surface area contributed by atoms with Gasteiger partial charge in [0.25, 0.3) is 11.5 Å². The molecule has 0 radical (unpaired) electrons. The van der Waals surface area contributed by atoms with Gasteiger partial charge in [0.1, 0.15) is 13.2 Å². The van der Waals surface area contributed by atoms with Crippen LogP contribution < -0.4 is 16.2 Å². The number of hydrogen-bond acceptors (Lipinski definition) is 7. The minimum Gasteiger partial charge on any atom is -0.454 e. The predicted molar refractivity (Wildman–Crippen MR) is 123 cm³/mol. The molecular formula is C24H21N5O6. The Morgan fingerprint density at radius 2 is 1.80 bits per heavy atom. The first kappa shape index (κ1) is 22.3. The molecule has 2 aliphatic rings. The third-order valence-corrected chi connectivity index (χ3v) is 6.46. The number of nitrogens with two attached hydrogens (primary N) is 1. The molecule has 0 spiro atoms. The fraction of sp³-hybridized carbons (Fsp3) is 0.250. The number of likely N-dealkylation sites (N-methyl/N-ethyl adjacent to an activating group) is 1. The van der Waals surface area contributed by atoms with E-state index >= 15 is 0 Å². The maximum Gasteiger partial charge on any atom is 0.354 e. The molecule has 178 valence electrons. The van der Waals surface area contributed by atoms with Crippen LogP contribution in [-0.4, -0.2) is 50.9 Å². The number of fused-ring (bicyclic) bond motifs is 4. The van der Waals surface area contributed by atoms with E-state index in [1.54, 1.807) is 48.5 Å². The summed E-state index contributed by atoms with van der Waals surface area (Å²) in [6, 6.07) is 13.1. The molecule has 0 bridgehead atoms. The standard InChI is InChI=1S/C24H21N5O6/c1-27-21(32)15-7-3-5-9-17(15)29-20(31)10-11-24(27,29)23(34)35-13-19-26-16-8-4-2-6-14(16)22(33)28(19)12-18(25)30/h2-9H,10-13H2,1H3,(H2,25,30). The van der Waals surface area contributed by atoms with Gasteiger partial charge in [-0.05, 0) is 24.3 Å². The van der Waals surface area contributed by atoms with Crippen LogP contribution in [-0.2, 0) is 32.3 Å². The number of para-hydroxylation sites is 2. The van der Waals surface area contributed by atoms with Gasteiger partial charge in [-0.3, -0.25) is 28.6 Å². The van der Waals surface area contributed by atoms with E-state index < -0.39 is 42.2 Å². The van der Waals surface area contributed by atoms with E-state index in [2.05, 4.69) is 4.98 Å². The van der Waals surface area contributed by atoms with Crippen LogP contribution in [0.3, 0.4) is 0 Å². The average molecular weight is 475 g/mol. The molecular weight excluding hydrogens is 454 g/mol. The van der Waals surface area contributed by atoms with Gasteiger partial charge in [0.2, 0.25) is 17.5 Å². The van der Waals surface area contributed by atoms with Gasteiger partial charge < -0.3 is 15.4 Å². The number of amides is 3. The topological polar surface area (TPSA) is 145 Å². The van der Waals surface area contributed by atoms with E-state index in [-0.39, 0.29) is 30.0 Å². The lowest BCUT2D eigenvalue weighted by Gasteiger charge is -2.46. The van der Waals surface area contributed by atoms with Crippen molar-refractivity contribution in [3.63, 3.8) is 0 Å². The molecule has 1 atom stereocenters. The Morgan fingerprint density at radius 1 is 1.09 bits per heavy atom. The molecule has 1 fully saturated rings. The maximum absolute atomic E-state index is 13.6. The summed E-state index contributed by atoms with van der Waals surface area (Å²) in [7, 11) is 1.45. The van der Waals surface area contributed by atoms with Crippen molar-refractivity contribution in [2.24, 2.45) is 5.73 Å². The molecule has 35 heavy (non-hydrogen) atoms. The second-order valence-electron chi connectivity index (χ2n) is 8.41. The quantitative estimate of drug-likeness (QED) is 0.530. The normalized spacial score (nSPS) is 19.0. The molecule has 2 aromatic carbocycles. The highest BCUT2D eigenvalue weighted by Gasteiger charge is 2.60. The van der Waals surface area contributed by atoms with Gasteiger partial charge in [0, 0.05) is 19.9 Å². The lowest BCUT2D eigenvalue weighted by molar-refractivity contribution is -0.158. The number of aromatic nitrogens is 2. The van der Waals surface area contributed by atoms with Crippen LogP contribution in [0, 0.1) is 0 Å². The molecule has 11 nitrogen and oxygen atoms in total. The smallest absolute Gasteiger partial charge is 0.354 e. The van der Waals surface area contributed by atoms with Crippen LogP contribution in [0.25, 0.3) is 10.9 Å². The second kappa shape index (κ2) is 8.05. The maximum atomic E-state index is 13.6. The molecule has 2 N–H and O–H groups in total. The van der Waals surface area contributed by atoms with Crippen molar-refractivity contribution >= 4 is 40.3 Å². The number of carbonyl (C=O) groups is 4. The molecule has 1 unspecified atom stereocenters. The first-order valence-corrected chi connectivity index (χ1v) is 10.9. The molecule has 3 amide bonds. The van der Waals surface area contributed by atoms with Crippen molar-refractivity contribution in [3.05, 3.63) is 70.3 Å². The zero-order valence-corrected chi connectivity index (χ0v) is 18.8. The van der Waals surface area contributed by atoms with Gasteiger partial charge >= 0.3 is 5.97 Å². The second-order valence-corrected chi connectivity index (χ2v) is 8.41. The Hall–Kier alpha value is -4.54. The average Bonchev–Trinajstić information content (AvgIpc) is 3.21. The van der Waals surface area contributed by atoms with Crippen molar-refractivity contribution in [2.45, 2.75) is 31.7 Å². The number of esters is 1. The summed E-state index contributed by atoms with van der Waals surface area (Å²) in [5, 5.41) is 0.282. The van der Waals surface area contributed by atoms with Crippen molar-refractivity contribution < 1.29 is 23.9 Å². The first-order chi connectivity index (χ1) is 16.8. The number of primary amides is 1. The number of anilines is 1. The molecule has 1 saturated heterocycles. The van der Waals surface area contributed by atoms with Crippen LogP contribution in [0.2, 0.25) is 0 Å². The highest BCUT2D eigenvalue weighted by atomic mass is 16.5. The van der Waals surface area contributed by atoms with E-state index in [9.17, 15) is 24.0 Å². The summed E-state index contributed by atoms with van der Waals surface area (Å²) in [5.41, 5.74) is 4.15. The Morgan fingerprint density at radius 3 is 2.57 bits per heavy atom. The van der Waals surface area contributed by atoms with Gasteiger partial charge in [-0.15, -0.1) is 0 Å². The monoisotopic (exact) mass is 475 g/mol. The Balaban J connectivity index is 1.53. The third kappa shape index (κ3) is 3.27. The minimum absolute atomic E-state index is 0.0123. The summed E-state index contributed by atoms with van der Waals surface area (Å²) in [6.45, 7) is -0.926. The van der Waals surface area contributed by atoms with E-state index in [1.807, 2.05) is 0 Å². The van der Waals surface area contributed by atoms with Gasteiger partial charge in [-0.25, -0.2) is 9.78 Å². The predicted octanol–water partition coefficient (Wildman–Crippen LogP) is 0.534. The van der Waals surface area contributed by atoms with E-state index in [1.165, 1.54) is 16.8 Å². The number of hydrogen-bond donors (Lipinski definition) is 1. The highest BCUT2D eigenvalue weighted by molar-refractivity contribution is 6.15. The van der Waals surface area contributed by atoms with E-state index in [0.29, 0.717) is 16.8 Å². The number of carbonyl (C=O) groups excluding carboxylic acids is 4. The molecule has 1 aromatic heterocycles. The van der Waals surface area contributed by atoms with Crippen molar-refractivity contribution in [2.75, 3.05) is 11.9 Å². The first-order valence-electron chi connectivity index (χ1n) is 10.9. The van der Waals surface area contributed by atoms with Gasteiger partial charge in [0.15, 0.2) is 5.82 Å². The zero-order chi connectivity index (χ0) is 24.9. The molecule has 3 heterocycles. The minimum atomic E-state index is -1.67. The van der Waals surface area contributed by atoms with Crippen LogP contribution in [0.15, 0.2) is 53.3 Å². The summed E-state index contributed by atoms with van der Waals surface area (Å²) in [4.78, 5) is 71.0. The molecule has 11 heteroatoms. The van der Waals surface area contributed by atoms with Crippen molar-refractivity contribution in [1.82, 2.24) is 14.5 Å². The highest BCUT2D eigenvalue weighted by Crippen LogP contribution is 2.44. The summed E-state index contributed by atoms with van der Waals surface area (Å²) in [5.74, 6) is -2.33. The van der Waals surface area contributed by atoms with E-state index in [0.717, 1.165) is 4.57 Å². The fourth-order valence-corrected chi connectivity index (χ4v) is 4.78. The Labute approximate surface area is 198 Å². The number of ether oxygens (including phenoxy) is 1. The summed E-state index contributed by atoms with van der Waals surface area (Å²) in [6.07, 6.45) is 0.0855. The van der Waals surface area contributed by atoms with Gasteiger partial charge in [-0.2, -0.15) is 0 Å². The summed E-state index contributed by atoms with van der Waals surface area (Å²) < 4.78 is 6.63. The van der Waals surface area contributed by atoms with Crippen LogP contribution >= 0.6 is 0 Å². The lowest BCUT2D eigenvalue weighted by atomic mass is 9.97. The van der Waals surface area contributed by atoms with Gasteiger partial charge in [-0.1, -0.05) is 24.3 Å². The van der Waals surface area contributed by atoms with Crippen LogP contribution in [0.1, 0.15) is 29.0 Å². The molecule has 0 saturated carbocycles. The summed E-state index contributed by atoms with van der Waals surface area (Å²) >= 11 is 0. The number of rotatable bonds is 5.